The fourth-order valence-electron chi connectivity index (χ4n) is 2.07. The summed E-state index contributed by atoms with van der Waals surface area (Å²) in [7, 11) is 6.86. The Hall–Kier alpha value is 0.250. The summed E-state index contributed by atoms with van der Waals surface area (Å²) in [5, 5.41) is 0. The van der Waals surface area contributed by atoms with Gasteiger partial charge in [-0.05, 0) is 12.8 Å². The van der Waals surface area contributed by atoms with E-state index in [-0.39, 0.29) is 12.4 Å². The molecule has 0 saturated heterocycles. The van der Waals surface area contributed by atoms with Crippen molar-refractivity contribution in [1.82, 2.24) is 0 Å². The standard InChI is InChI=1S/C15H34N.ClH2/c1-5-6-7-8-9-10-11-12-13-14-15-16(2,3)4;/h5-15H2,1-4H3;1H2/q2*+1. The van der Waals surface area contributed by atoms with E-state index in [1.165, 1.54) is 70.8 Å². The second kappa shape index (κ2) is 12.7. The molecule has 0 saturated carbocycles. The van der Waals surface area contributed by atoms with Gasteiger partial charge in [-0.25, -0.2) is 0 Å². The fourth-order valence-corrected chi connectivity index (χ4v) is 2.07. The third kappa shape index (κ3) is 18.8. The van der Waals surface area contributed by atoms with E-state index in [0.29, 0.717) is 0 Å². The lowest BCUT2D eigenvalue weighted by molar-refractivity contribution is -0.870. The lowest BCUT2D eigenvalue weighted by atomic mass is 10.1. The first kappa shape index (κ1) is 19.6. The Labute approximate surface area is 116 Å². The Bertz CT molecular complexity index is 140. The zero-order valence-electron chi connectivity index (χ0n) is 12.7. The van der Waals surface area contributed by atoms with Crippen LogP contribution in [0.15, 0.2) is 0 Å². The second-order valence-electron chi connectivity index (χ2n) is 6.20. The molecule has 0 radical (unpaired) electrons. The summed E-state index contributed by atoms with van der Waals surface area (Å²) in [6, 6.07) is 0. The van der Waals surface area contributed by atoms with Crippen molar-refractivity contribution in [2.45, 2.75) is 71.1 Å². The number of unbranched alkanes of at least 4 members (excludes halogenated alkanes) is 9. The van der Waals surface area contributed by atoms with E-state index in [1.807, 2.05) is 0 Å². The lowest BCUT2D eigenvalue weighted by Crippen LogP contribution is -2.35. The maximum absolute atomic E-state index is 2.29. The van der Waals surface area contributed by atoms with Gasteiger partial charge in [-0.1, -0.05) is 58.3 Å². The maximum atomic E-state index is 2.29. The van der Waals surface area contributed by atoms with Gasteiger partial charge < -0.3 is 4.48 Å². The Morgan fingerprint density at radius 3 is 1.29 bits per heavy atom. The average Bonchev–Trinajstić information content (AvgIpc) is 2.19. The van der Waals surface area contributed by atoms with E-state index in [0.717, 1.165) is 4.48 Å². The number of halogens is 1. The van der Waals surface area contributed by atoms with Crippen molar-refractivity contribution >= 4 is 0 Å². The third-order valence-electron chi connectivity index (χ3n) is 3.18. The van der Waals surface area contributed by atoms with E-state index in [4.69, 9.17) is 0 Å². The molecule has 1 nitrogen and oxygen atoms in total. The van der Waals surface area contributed by atoms with Gasteiger partial charge in [0.1, 0.15) is 0 Å². The summed E-state index contributed by atoms with van der Waals surface area (Å²) in [6.45, 7) is 3.62. The predicted octanol–water partition coefficient (Wildman–Crippen LogP) is 4.08. The molecule has 0 aromatic rings. The summed E-state index contributed by atoms with van der Waals surface area (Å²) >= 11 is 0. The molecule has 0 N–H and O–H groups in total. The first-order valence-corrected chi connectivity index (χ1v) is 7.36. The molecule has 0 aromatic carbocycles. The monoisotopic (exact) mass is 265 g/mol. The number of quaternary nitrogens is 1. The van der Waals surface area contributed by atoms with Crippen molar-refractivity contribution in [2.24, 2.45) is 0 Å². The van der Waals surface area contributed by atoms with Gasteiger partial charge in [-0.15, -0.1) is 0 Å². The highest BCUT2D eigenvalue weighted by atomic mass is 35.5. The van der Waals surface area contributed by atoms with Gasteiger partial charge in [0, 0.05) is 0 Å². The van der Waals surface area contributed by atoms with Gasteiger partial charge in [-0.2, -0.15) is 0 Å². The molecule has 0 rings (SSSR count). The van der Waals surface area contributed by atoms with Crippen LogP contribution in [0.1, 0.15) is 71.1 Å². The first-order valence-electron chi connectivity index (χ1n) is 7.36. The molecule has 0 aliphatic carbocycles. The van der Waals surface area contributed by atoms with Crippen molar-refractivity contribution < 1.29 is 16.9 Å². The molecule has 0 unspecified atom stereocenters. The summed E-state index contributed by atoms with van der Waals surface area (Å²) in [5.41, 5.74) is 0. The minimum absolute atomic E-state index is 0. The topological polar surface area (TPSA) is 0 Å². The number of hydrogen-bond donors (Lipinski definition) is 0. The molecule has 0 spiro atoms. The van der Waals surface area contributed by atoms with Crippen molar-refractivity contribution in [1.29, 1.82) is 0 Å². The molecule has 0 aromatic heterocycles. The molecule has 0 aliphatic heterocycles. The van der Waals surface area contributed by atoms with E-state index >= 15 is 0 Å². The molecular formula is C15H36ClN+2. The van der Waals surface area contributed by atoms with Gasteiger partial charge in [0.15, 0.2) is 0 Å². The van der Waals surface area contributed by atoms with Crippen LogP contribution in [0.4, 0.5) is 0 Å². The quantitative estimate of drug-likeness (QED) is 0.390. The summed E-state index contributed by atoms with van der Waals surface area (Å²) in [6.07, 6.45) is 14.4. The summed E-state index contributed by atoms with van der Waals surface area (Å²) in [5.74, 6) is 0. The minimum Gasteiger partial charge on any atom is -0.331 e. The maximum Gasteiger partial charge on any atom is 0.0903 e. The van der Waals surface area contributed by atoms with Crippen LogP contribution in [0.2, 0.25) is 0 Å². The second-order valence-corrected chi connectivity index (χ2v) is 6.20. The number of nitrogens with zero attached hydrogens (tertiary/aromatic N) is 1. The first-order chi connectivity index (χ1) is 7.56. The van der Waals surface area contributed by atoms with E-state index in [9.17, 15) is 0 Å². The highest BCUT2D eigenvalue weighted by Gasteiger charge is 2.04. The molecule has 2 heteroatoms. The minimum atomic E-state index is 0. The molecule has 0 atom stereocenters. The fraction of sp³-hybridized carbons (Fsp3) is 1.00. The largest absolute Gasteiger partial charge is 0.331 e. The predicted molar refractivity (Wildman–Crippen MR) is 77.5 cm³/mol. The summed E-state index contributed by atoms with van der Waals surface area (Å²) in [4.78, 5) is 0. The van der Waals surface area contributed by atoms with Crippen LogP contribution in [-0.4, -0.2) is 32.2 Å². The van der Waals surface area contributed by atoms with Crippen molar-refractivity contribution in [3.63, 3.8) is 0 Å². The van der Waals surface area contributed by atoms with Gasteiger partial charge in [0.25, 0.3) is 0 Å². The normalized spacial score (nSPS) is 11.3. The van der Waals surface area contributed by atoms with Crippen LogP contribution >= 0.6 is 0 Å². The van der Waals surface area contributed by atoms with Crippen LogP contribution < -0.4 is 0 Å². The SMILES string of the molecule is CCCCCCCCCCCC[N+](C)(C)C.[ClH2+]. The summed E-state index contributed by atoms with van der Waals surface area (Å²) < 4.78 is 1.12. The third-order valence-corrected chi connectivity index (χ3v) is 3.18. The van der Waals surface area contributed by atoms with E-state index in [1.54, 1.807) is 0 Å². The number of hydrogen-bond acceptors (Lipinski definition) is 0. The Balaban J connectivity index is 0. The van der Waals surface area contributed by atoms with Gasteiger partial charge in [0.05, 0.1) is 40.1 Å². The van der Waals surface area contributed by atoms with Crippen LogP contribution in [0.3, 0.4) is 0 Å². The van der Waals surface area contributed by atoms with Gasteiger partial charge >= 0.3 is 0 Å². The Kier molecular flexibility index (Phi) is 14.6. The molecule has 106 valence electrons. The number of rotatable bonds is 11. The highest BCUT2D eigenvalue weighted by molar-refractivity contribution is 4.47. The van der Waals surface area contributed by atoms with Crippen molar-refractivity contribution in [2.75, 3.05) is 27.7 Å². The van der Waals surface area contributed by atoms with E-state index in [2.05, 4.69) is 28.1 Å². The zero-order chi connectivity index (χ0) is 12.3. The molecule has 17 heavy (non-hydrogen) atoms. The Morgan fingerprint density at radius 1 is 0.588 bits per heavy atom. The zero-order valence-corrected chi connectivity index (χ0v) is 13.6. The van der Waals surface area contributed by atoms with Crippen molar-refractivity contribution in [3.05, 3.63) is 0 Å². The Morgan fingerprint density at radius 2 is 0.941 bits per heavy atom. The van der Waals surface area contributed by atoms with Crippen molar-refractivity contribution in [3.8, 4) is 0 Å². The molecule has 0 bridgehead atoms. The highest BCUT2D eigenvalue weighted by Crippen LogP contribution is 2.10. The van der Waals surface area contributed by atoms with Gasteiger partial charge in [0.2, 0.25) is 0 Å². The van der Waals surface area contributed by atoms with Crippen LogP contribution in [0.5, 0.6) is 0 Å². The molecule has 0 aliphatic rings. The van der Waals surface area contributed by atoms with E-state index < -0.39 is 0 Å². The van der Waals surface area contributed by atoms with Crippen LogP contribution in [0.25, 0.3) is 0 Å². The molecular weight excluding hydrogens is 230 g/mol. The molecule has 0 fully saturated rings. The molecule has 0 amide bonds. The van der Waals surface area contributed by atoms with Crippen LogP contribution in [-0.2, 0) is 0 Å². The molecule has 0 heterocycles. The van der Waals surface area contributed by atoms with Crippen LogP contribution in [0, 0.1) is 12.4 Å². The van der Waals surface area contributed by atoms with Gasteiger partial charge in [-0.3, -0.25) is 0 Å². The lowest BCUT2D eigenvalue weighted by Gasteiger charge is -2.23. The average molecular weight is 266 g/mol. The smallest absolute Gasteiger partial charge is 0.0903 e.